The molecule has 1 aromatic rings. The van der Waals surface area contributed by atoms with Gasteiger partial charge in [0.05, 0.1) is 7.11 Å². The van der Waals surface area contributed by atoms with Crippen LogP contribution in [-0.2, 0) is 15.1 Å². The highest BCUT2D eigenvalue weighted by atomic mass is 16.5. The smallest absolute Gasteiger partial charge is 0.250 e. The van der Waals surface area contributed by atoms with Crippen molar-refractivity contribution < 1.29 is 19.4 Å². The number of ether oxygens (including phenoxy) is 2. The fraction of sp³-hybridized carbons (Fsp3) is 0.250. The summed E-state index contributed by atoms with van der Waals surface area (Å²) in [5, 5.41) is 9.44. The van der Waals surface area contributed by atoms with Crippen molar-refractivity contribution in [2.45, 2.75) is 12.5 Å². The lowest BCUT2D eigenvalue weighted by atomic mass is 9.91. The first-order valence-electron chi connectivity index (χ1n) is 5.06. The molecule has 0 spiro atoms. The fourth-order valence-electron chi connectivity index (χ4n) is 1.76. The lowest BCUT2D eigenvalue weighted by Gasteiger charge is -2.23. The van der Waals surface area contributed by atoms with Crippen molar-refractivity contribution in [2.75, 3.05) is 7.11 Å². The van der Waals surface area contributed by atoms with E-state index in [0.717, 1.165) is 0 Å². The number of rotatable bonds is 2. The average molecular weight is 235 g/mol. The van der Waals surface area contributed by atoms with Crippen LogP contribution >= 0.6 is 0 Å². The molecule has 0 saturated carbocycles. The molecule has 1 heterocycles. The Kier molecular flexibility index (Phi) is 2.46. The average Bonchev–Trinajstić information content (AvgIpc) is 2.55. The molecule has 1 aliphatic rings. The summed E-state index contributed by atoms with van der Waals surface area (Å²) < 4.78 is 10.3. The first-order valence-corrected chi connectivity index (χ1v) is 5.06. The molecule has 0 saturated heterocycles. The van der Waals surface area contributed by atoms with E-state index >= 15 is 0 Å². The van der Waals surface area contributed by atoms with E-state index < -0.39 is 17.1 Å². The SMILES string of the molecule is COc1cccc(C2(C)OC(N)=C(O)C2=O)c1. The second-order valence-electron chi connectivity index (χ2n) is 3.91. The maximum absolute atomic E-state index is 11.9. The quantitative estimate of drug-likeness (QED) is 0.804. The number of aliphatic hydroxyl groups is 1. The van der Waals surface area contributed by atoms with E-state index in [-0.39, 0.29) is 5.88 Å². The van der Waals surface area contributed by atoms with Gasteiger partial charge in [-0.15, -0.1) is 0 Å². The van der Waals surface area contributed by atoms with Crippen LogP contribution in [0.1, 0.15) is 12.5 Å². The highest BCUT2D eigenvalue weighted by Crippen LogP contribution is 2.37. The molecular weight excluding hydrogens is 222 g/mol. The van der Waals surface area contributed by atoms with Gasteiger partial charge in [0.1, 0.15) is 5.75 Å². The molecule has 1 unspecified atom stereocenters. The number of nitrogens with two attached hydrogens (primary N) is 1. The first-order chi connectivity index (χ1) is 7.99. The van der Waals surface area contributed by atoms with Crippen LogP contribution in [0, 0.1) is 0 Å². The number of benzene rings is 1. The van der Waals surface area contributed by atoms with Gasteiger partial charge >= 0.3 is 0 Å². The molecule has 17 heavy (non-hydrogen) atoms. The number of aliphatic hydroxyl groups excluding tert-OH is 1. The summed E-state index contributed by atoms with van der Waals surface area (Å²) >= 11 is 0. The second kappa shape index (κ2) is 3.69. The summed E-state index contributed by atoms with van der Waals surface area (Å²) in [5.74, 6) is -0.732. The summed E-state index contributed by atoms with van der Waals surface area (Å²) in [6, 6.07) is 6.88. The van der Waals surface area contributed by atoms with E-state index in [2.05, 4.69) is 0 Å². The number of Topliss-reactive ketones (excluding diaryl/α,β-unsaturated/α-hetero) is 1. The van der Waals surface area contributed by atoms with Crippen LogP contribution in [0.2, 0.25) is 0 Å². The third kappa shape index (κ3) is 1.60. The molecule has 90 valence electrons. The van der Waals surface area contributed by atoms with Gasteiger partial charge in [0.25, 0.3) is 5.78 Å². The van der Waals surface area contributed by atoms with Crippen LogP contribution in [0.25, 0.3) is 0 Å². The monoisotopic (exact) mass is 235 g/mol. The Balaban J connectivity index is 2.44. The zero-order chi connectivity index (χ0) is 12.6. The lowest BCUT2D eigenvalue weighted by molar-refractivity contribution is -0.131. The van der Waals surface area contributed by atoms with E-state index in [0.29, 0.717) is 11.3 Å². The van der Waals surface area contributed by atoms with Gasteiger partial charge in [-0.1, -0.05) is 12.1 Å². The maximum Gasteiger partial charge on any atom is 0.250 e. The van der Waals surface area contributed by atoms with Crippen LogP contribution in [0.15, 0.2) is 35.9 Å². The standard InChI is InChI=1S/C12H13NO4/c1-12(10(15)9(14)11(13)17-12)7-4-3-5-8(6-7)16-2/h3-6,14H,13H2,1-2H3. The highest BCUT2D eigenvalue weighted by molar-refractivity contribution is 6.02. The summed E-state index contributed by atoms with van der Waals surface area (Å²) in [4.78, 5) is 11.9. The summed E-state index contributed by atoms with van der Waals surface area (Å²) in [5.41, 5.74) is 4.70. The van der Waals surface area contributed by atoms with Crippen LogP contribution in [0.5, 0.6) is 5.75 Å². The Morgan fingerprint density at radius 3 is 2.71 bits per heavy atom. The van der Waals surface area contributed by atoms with E-state index in [1.54, 1.807) is 31.2 Å². The van der Waals surface area contributed by atoms with E-state index in [1.165, 1.54) is 7.11 Å². The van der Waals surface area contributed by atoms with E-state index in [1.807, 2.05) is 0 Å². The third-order valence-electron chi connectivity index (χ3n) is 2.82. The molecule has 5 nitrogen and oxygen atoms in total. The predicted molar refractivity (Wildman–Crippen MR) is 60.3 cm³/mol. The minimum atomic E-state index is -1.29. The van der Waals surface area contributed by atoms with Gasteiger partial charge in [-0.25, -0.2) is 0 Å². The third-order valence-corrected chi connectivity index (χ3v) is 2.82. The van der Waals surface area contributed by atoms with Crippen molar-refractivity contribution >= 4 is 5.78 Å². The number of carbonyl (C=O) groups is 1. The minimum absolute atomic E-state index is 0.250. The Morgan fingerprint density at radius 2 is 2.18 bits per heavy atom. The van der Waals surface area contributed by atoms with Crippen molar-refractivity contribution in [1.82, 2.24) is 0 Å². The number of ketones is 1. The number of hydrogen-bond acceptors (Lipinski definition) is 5. The molecule has 1 aromatic carbocycles. The van der Waals surface area contributed by atoms with Crippen molar-refractivity contribution in [2.24, 2.45) is 5.73 Å². The molecule has 1 atom stereocenters. The molecular formula is C12H13NO4. The topological polar surface area (TPSA) is 81.8 Å². The van der Waals surface area contributed by atoms with Gasteiger partial charge in [0.15, 0.2) is 5.60 Å². The van der Waals surface area contributed by atoms with Crippen LogP contribution < -0.4 is 10.5 Å². The van der Waals surface area contributed by atoms with Crippen LogP contribution in [0.3, 0.4) is 0 Å². The fourth-order valence-corrected chi connectivity index (χ4v) is 1.76. The van der Waals surface area contributed by atoms with Gasteiger partial charge in [-0.05, 0) is 19.1 Å². The number of hydrogen-bond donors (Lipinski definition) is 2. The number of carbonyl (C=O) groups excluding carboxylic acids is 1. The molecule has 5 heteroatoms. The molecule has 0 aliphatic carbocycles. The molecule has 0 aromatic heterocycles. The molecule has 2 rings (SSSR count). The molecule has 0 amide bonds. The predicted octanol–water partition coefficient (Wildman–Crippen LogP) is 1.20. The Morgan fingerprint density at radius 1 is 1.47 bits per heavy atom. The highest BCUT2D eigenvalue weighted by Gasteiger charge is 2.47. The second-order valence-corrected chi connectivity index (χ2v) is 3.91. The summed E-state index contributed by atoms with van der Waals surface area (Å²) in [6.07, 6.45) is 0. The zero-order valence-electron chi connectivity index (χ0n) is 9.56. The normalized spacial score (nSPS) is 23.8. The molecule has 1 aliphatic heterocycles. The molecule has 0 bridgehead atoms. The summed E-state index contributed by atoms with van der Waals surface area (Å²) in [7, 11) is 1.53. The lowest BCUT2D eigenvalue weighted by Crippen LogP contribution is -2.31. The first kappa shape index (κ1) is 11.3. The summed E-state index contributed by atoms with van der Waals surface area (Å²) in [6.45, 7) is 1.56. The van der Waals surface area contributed by atoms with Crippen molar-refractivity contribution in [3.63, 3.8) is 0 Å². The van der Waals surface area contributed by atoms with Crippen LogP contribution in [-0.4, -0.2) is 18.0 Å². The van der Waals surface area contributed by atoms with Crippen molar-refractivity contribution in [3.8, 4) is 5.75 Å². The maximum atomic E-state index is 11.9. The molecule has 0 fully saturated rings. The minimum Gasteiger partial charge on any atom is -0.501 e. The molecule has 3 N–H and O–H groups in total. The Labute approximate surface area is 98.4 Å². The Hall–Kier alpha value is -2.17. The largest absolute Gasteiger partial charge is 0.501 e. The van der Waals surface area contributed by atoms with Gasteiger partial charge < -0.3 is 20.3 Å². The van der Waals surface area contributed by atoms with E-state index in [4.69, 9.17) is 15.2 Å². The van der Waals surface area contributed by atoms with Gasteiger partial charge in [-0.2, -0.15) is 0 Å². The van der Waals surface area contributed by atoms with Crippen molar-refractivity contribution in [3.05, 3.63) is 41.5 Å². The van der Waals surface area contributed by atoms with Gasteiger partial charge in [0.2, 0.25) is 11.6 Å². The van der Waals surface area contributed by atoms with Gasteiger partial charge in [0, 0.05) is 5.56 Å². The molecule has 0 radical (unpaired) electrons. The van der Waals surface area contributed by atoms with E-state index in [9.17, 15) is 9.90 Å². The zero-order valence-corrected chi connectivity index (χ0v) is 9.56. The number of methoxy groups -OCH3 is 1. The van der Waals surface area contributed by atoms with Crippen molar-refractivity contribution in [1.29, 1.82) is 0 Å². The van der Waals surface area contributed by atoms with Gasteiger partial charge in [-0.3, -0.25) is 4.79 Å². The van der Waals surface area contributed by atoms with Crippen LogP contribution in [0.4, 0.5) is 0 Å². The Bertz CT molecular complexity index is 509.